The van der Waals surface area contributed by atoms with Crippen molar-refractivity contribution in [1.82, 2.24) is 10.2 Å². The third-order valence-corrected chi connectivity index (χ3v) is 4.97. The smallest absolute Gasteiger partial charge is 0.194 e. The second-order valence-electron chi connectivity index (χ2n) is 6.90. The van der Waals surface area contributed by atoms with Gasteiger partial charge in [0, 0.05) is 38.8 Å². The number of ether oxygens (including phenoxy) is 2. The molecule has 0 saturated carbocycles. The van der Waals surface area contributed by atoms with E-state index in [-0.39, 0.29) is 24.0 Å². The Morgan fingerprint density at radius 3 is 2.92 bits per heavy atom. The van der Waals surface area contributed by atoms with Crippen LogP contribution in [0.2, 0.25) is 0 Å². The second-order valence-corrected chi connectivity index (χ2v) is 6.90. The lowest BCUT2D eigenvalue weighted by Gasteiger charge is -2.25. The Kier molecular flexibility index (Phi) is 7.96. The number of methoxy groups -OCH3 is 1. The highest BCUT2D eigenvalue weighted by atomic mass is 127. The molecule has 0 bridgehead atoms. The van der Waals surface area contributed by atoms with Crippen LogP contribution in [0.4, 0.5) is 0 Å². The van der Waals surface area contributed by atoms with E-state index in [0.29, 0.717) is 18.6 Å². The molecule has 140 valence electrons. The van der Waals surface area contributed by atoms with Gasteiger partial charge in [0.2, 0.25) is 0 Å². The van der Waals surface area contributed by atoms with Crippen molar-refractivity contribution in [3.8, 4) is 0 Å². The summed E-state index contributed by atoms with van der Waals surface area (Å²) in [5, 5.41) is 3.45. The lowest BCUT2D eigenvalue weighted by molar-refractivity contribution is 0.156. The van der Waals surface area contributed by atoms with E-state index >= 15 is 0 Å². The van der Waals surface area contributed by atoms with Crippen molar-refractivity contribution in [2.75, 3.05) is 40.0 Å². The third-order valence-electron chi connectivity index (χ3n) is 4.97. The average molecular weight is 459 g/mol. The van der Waals surface area contributed by atoms with Gasteiger partial charge < -0.3 is 19.7 Å². The van der Waals surface area contributed by atoms with Crippen LogP contribution in [0, 0.1) is 5.41 Å². The Morgan fingerprint density at radius 1 is 1.36 bits per heavy atom. The number of hydrogen-bond acceptors (Lipinski definition) is 3. The van der Waals surface area contributed by atoms with E-state index in [1.807, 2.05) is 0 Å². The van der Waals surface area contributed by atoms with Crippen LogP contribution in [0.3, 0.4) is 0 Å². The third kappa shape index (κ3) is 5.31. The molecule has 2 saturated heterocycles. The molecule has 5 nitrogen and oxygen atoms in total. The summed E-state index contributed by atoms with van der Waals surface area (Å²) in [4.78, 5) is 7.27. The van der Waals surface area contributed by atoms with E-state index in [1.54, 1.807) is 7.11 Å². The topological polar surface area (TPSA) is 46.1 Å². The van der Waals surface area contributed by atoms with Gasteiger partial charge in [-0.3, -0.25) is 0 Å². The number of rotatable bonds is 5. The van der Waals surface area contributed by atoms with Crippen LogP contribution in [0.15, 0.2) is 29.3 Å². The van der Waals surface area contributed by atoms with Gasteiger partial charge >= 0.3 is 0 Å². The van der Waals surface area contributed by atoms with Crippen LogP contribution < -0.4 is 5.32 Å². The lowest BCUT2D eigenvalue weighted by Crippen LogP contribution is -2.41. The number of guanidine groups is 1. The largest absolute Gasteiger partial charge is 0.381 e. The molecule has 1 aromatic rings. The van der Waals surface area contributed by atoms with Crippen LogP contribution in [-0.2, 0) is 22.6 Å². The second kappa shape index (κ2) is 9.73. The number of halogens is 1. The molecule has 1 unspecified atom stereocenters. The fraction of sp³-hybridized carbons (Fsp3) is 0.632. The van der Waals surface area contributed by atoms with Crippen molar-refractivity contribution >= 4 is 29.9 Å². The van der Waals surface area contributed by atoms with Crippen molar-refractivity contribution in [2.24, 2.45) is 10.4 Å². The minimum Gasteiger partial charge on any atom is -0.381 e. The number of benzene rings is 1. The first kappa shape index (κ1) is 20.5. The summed E-state index contributed by atoms with van der Waals surface area (Å²) >= 11 is 0. The van der Waals surface area contributed by atoms with Crippen LogP contribution >= 0.6 is 24.0 Å². The predicted octanol–water partition coefficient (Wildman–Crippen LogP) is 3.03. The monoisotopic (exact) mass is 459 g/mol. The Morgan fingerprint density at radius 2 is 2.20 bits per heavy atom. The molecule has 2 aliphatic heterocycles. The van der Waals surface area contributed by atoms with E-state index < -0.39 is 0 Å². The summed E-state index contributed by atoms with van der Waals surface area (Å²) in [6.45, 7) is 8.30. The summed E-state index contributed by atoms with van der Waals surface area (Å²) < 4.78 is 10.9. The molecular weight excluding hydrogens is 429 g/mol. The molecule has 0 amide bonds. The number of aliphatic imine (C=N–C) groups is 1. The molecule has 1 atom stereocenters. The van der Waals surface area contributed by atoms with Gasteiger partial charge in [-0.05, 0) is 30.9 Å². The van der Waals surface area contributed by atoms with Crippen LogP contribution in [0.25, 0.3) is 0 Å². The molecule has 0 aliphatic carbocycles. The Balaban J connectivity index is 0.00000225. The number of nitrogens with one attached hydrogen (secondary N) is 1. The van der Waals surface area contributed by atoms with Crippen molar-refractivity contribution in [3.05, 3.63) is 35.4 Å². The molecule has 1 N–H and O–H groups in total. The zero-order chi connectivity index (χ0) is 16.8. The maximum Gasteiger partial charge on any atom is 0.194 e. The van der Waals surface area contributed by atoms with E-state index in [9.17, 15) is 0 Å². The van der Waals surface area contributed by atoms with Crippen molar-refractivity contribution in [3.63, 3.8) is 0 Å². The van der Waals surface area contributed by atoms with E-state index in [4.69, 9.17) is 14.5 Å². The molecule has 2 heterocycles. The maximum absolute atomic E-state index is 5.64. The molecule has 25 heavy (non-hydrogen) atoms. The molecule has 0 aromatic heterocycles. The number of nitrogens with zero attached hydrogens (tertiary/aromatic N) is 2. The average Bonchev–Trinajstić information content (AvgIpc) is 3.22. The first-order chi connectivity index (χ1) is 11.7. The van der Waals surface area contributed by atoms with Gasteiger partial charge in [-0.25, -0.2) is 4.99 Å². The normalized spacial score (nSPS) is 23.1. The Labute approximate surface area is 168 Å². The van der Waals surface area contributed by atoms with Gasteiger partial charge in [-0.15, -0.1) is 24.0 Å². The number of likely N-dealkylation sites (tertiary alicyclic amines) is 1. The Bertz CT molecular complexity index is 574. The molecule has 1 spiro atoms. The molecule has 1 aromatic carbocycles. The summed E-state index contributed by atoms with van der Waals surface area (Å²) in [7, 11) is 1.73. The molecule has 0 radical (unpaired) electrons. The van der Waals surface area contributed by atoms with Gasteiger partial charge in [-0.2, -0.15) is 0 Å². The SMILES string of the molecule is CCNC(=NCc1cccc(COC)c1)N1CCC2(CCOC2)C1.I. The van der Waals surface area contributed by atoms with Crippen molar-refractivity contribution < 1.29 is 9.47 Å². The Hall–Kier alpha value is -0.860. The summed E-state index contributed by atoms with van der Waals surface area (Å²) in [5.41, 5.74) is 2.77. The summed E-state index contributed by atoms with van der Waals surface area (Å²) in [5.74, 6) is 1.03. The summed E-state index contributed by atoms with van der Waals surface area (Å²) in [6.07, 6.45) is 2.39. The van der Waals surface area contributed by atoms with Gasteiger partial charge in [0.1, 0.15) is 0 Å². The molecule has 2 aliphatic rings. The van der Waals surface area contributed by atoms with Gasteiger partial charge in [0.25, 0.3) is 0 Å². The minimum absolute atomic E-state index is 0. The van der Waals surface area contributed by atoms with Crippen molar-refractivity contribution in [1.29, 1.82) is 0 Å². The fourth-order valence-corrected chi connectivity index (χ4v) is 3.66. The van der Waals surface area contributed by atoms with E-state index in [0.717, 1.165) is 38.8 Å². The molecule has 3 rings (SSSR count). The van der Waals surface area contributed by atoms with Crippen LogP contribution in [-0.4, -0.2) is 50.8 Å². The van der Waals surface area contributed by atoms with Gasteiger partial charge in [-0.1, -0.05) is 24.3 Å². The van der Waals surface area contributed by atoms with Crippen molar-refractivity contribution in [2.45, 2.75) is 32.9 Å². The maximum atomic E-state index is 5.64. The first-order valence-electron chi connectivity index (χ1n) is 8.92. The van der Waals surface area contributed by atoms with Gasteiger partial charge in [0.05, 0.1) is 19.8 Å². The highest BCUT2D eigenvalue weighted by Gasteiger charge is 2.42. The molecule has 2 fully saturated rings. The predicted molar refractivity (Wildman–Crippen MR) is 111 cm³/mol. The van der Waals surface area contributed by atoms with Crippen LogP contribution in [0.5, 0.6) is 0 Å². The first-order valence-corrected chi connectivity index (χ1v) is 8.92. The van der Waals surface area contributed by atoms with Crippen LogP contribution in [0.1, 0.15) is 30.9 Å². The lowest BCUT2D eigenvalue weighted by atomic mass is 9.87. The minimum atomic E-state index is 0. The van der Waals surface area contributed by atoms with Gasteiger partial charge in [0.15, 0.2) is 5.96 Å². The van der Waals surface area contributed by atoms with E-state index in [2.05, 4.69) is 41.4 Å². The number of hydrogen-bond donors (Lipinski definition) is 1. The molecular formula is C19H30IN3O2. The highest BCUT2D eigenvalue weighted by Crippen LogP contribution is 2.38. The fourth-order valence-electron chi connectivity index (χ4n) is 3.66. The highest BCUT2D eigenvalue weighted by molar-refractivity contribution is 14.0. The quantitative estimate of drug-likeness (QED) is 0.418. The summed E-state index contributed by atoms with van der Waals surface area (Å²) in [6, 6.07) is 8.47. The zero-order valence-corrected chi connectivity index (χ0v) is 17.6. The van der Waals surface area contributed by atoms with E-state index in [1.165, 1.54) is 24.0 Å². The standard InChI is InChI=1S/C19H29N3O2.HI/c1-3-20-18(22-9-7-19(14-22)8-10-24-15-19)21-12-16-5-4-6-17(11-16)13-23-2;/h4-6,11H,3,7-10,12-15H2,1-2H3,(H,20,21);1H. The zero-order valence-electron chi connectivity index (χ0n) is 15.3. The molecule has 6 heteroatoms.